The number of anilines is 3. The number of hydrogen-bond acceptors (Lipinski definition) is 3. The van der Waals surface area contributed by atoms with Gasteiger partial charge in [0, 0.05) is 42.3 Å². The minimum atomic E-state index is 0.914. The molecule has 9 aromatic carbocycles. The summed E-state index contributed by atoms with van der Waals surface area (Å²) in [5.74, 6) is 0. The molecule has 11 rings (SSSR count). The molecule has 0 aliphatic rings. The van der Waals surface area contributed by atoms with Crippen molar-refractivity contribution in [2.24, 2.45) is 0 Å². The van der Waals surface area contributed by atoms with Gasteiger partial charge in [0.2, 0.25) is 0 Å². The number of nitrogens with zero attached hydrogens (tertiary/aromatic N) is 1. The highest BCUT2D eigenvalue weighted by atomic mass is 32.1. The molecule has 0 saturated heterocycles. The van der Waals surface area contributed by atoms with Gasteiger partial charge in [0.25, 0.3) is 0 Å². The van der Waals surface area contributed by atoms with Crippen molar-refractivity contribution in [3.8, 4) is 22.3 Å². The van der Waals surface area contributed by atoms with E-state index in [0.717, 1.165) is 39.0 Å². The van der Waals surface area contributed by atoms with E-state index < -0.39 is 0 Å². The van der Waals surface area contributed by atoms with Crippen LogP contribution in [0.25, 0.3) is 85.9 Å². The Morgan fingerprint density at radius 3 is 1.77 bits per heavy atom. The van der Waals surface area contributed by atoms with Crippen LogP contribution < -0.4 is 4.90 Å². The highest BCUT2D eigenvalue weighted by Crippen LogP contribution is 2.48. The van der Waals surface area contributed by atoms with Gasteiger partial charge in [-0.1, -0.05) is 127 Å². The van der Waals surface area contributed by atoms with Crippen LogP contribution in [0.4, 0.5) is 17.1 Å². The van der Waals surface area contributed by atoms with Gasteiger partial charge in [-0.2, -0.15) is 0 Å². The summed E-state index contributed by atoms with van der Waals surface area (Å²) in [7, 11) is 0. The molecule has 0 saturated carbocycles. The minimum absolute atomic E-state index is 0.914. The molecule has 0 bridgehead atoms. The van der Waals surface area contributed by atoms with Crippen LogP contribution in [0.15, 0.2) is 192 Å². The molecule has 53 heavy (non-hydrogen) atoms. The topological polar surface area (TPSA) is 16.4 Å². The second-order valence-corrected chi connectivity index (χ2v) is 14.8. The molecule has 3 heteroatoms. The zero-order valence-corrected chi connectivity index (χ0v) is 29.5. The number of furan rings is 1. The van der Waals surface area contributed by atoms with Crippen LogP contribution in [0.3, 0.4) is 0 Å². The molecule has 0 fully saturated rings. The summed E-state index contributed by atoms with van der Waals surface area (Å²) in [6.45, 7) is 0. The molecule has 248 valence electrons. The number of hydrogen-bond donors (Lipinski definition) is 0. The summed E-state index contributed by atoms with van der Waals surface area (Å²) < 4.78 is 9.11. The lowest BCUT2D eigenvalue weighted by Gasteiger charge is -2.27. The van der Waals surface area contributed by atoms with Crippen LogP contribution in [-0.4, -0.2) is 0 Å². The first-order valence-corrected chi connectivity index (χ1v) is 18.8. The highest BCUT2D eigenvalue weighted by Gasteiger charge is 2.22. The summed E-state index contributed by atoms with van der Waals surface area (Å²) in [5.41, 5.74) is 9.96. The Labute approximate surface area is 310 Å². The van der Waals surface area contributed by atoms with Crippen molar-refractivity contribution in [2.45, 2.75) is 0 Å². The van der Waals surface area contributed by atoms with E-state index in [2.05, 4.69) is 187 Å². The number of para-hydroxylation sites is 1. The van der Waals surface area contributed by atoms with Gasteiger partial charge in [-0.05, 0) is 104 Å². The van der Waals surface area contributed by atoms with E-state index in [1.807, 2.05) is 17.4 Å². The third-order valence-corrected chi connectivity index (χ3v) is 11.8. The smallest absolute Gasteiger partial charge is 0.144 e. The van der Waals surface area contributed by atoms with E-state index in [1.54, 1.807) is 0 Å². The maximum Gasteiger partial charge on any atom is 0.144 e. The van der Waals surface area contributed by atoms with Crippen molar-refractivity contribution in [1.82, 2.24) is 0 Å². The number of thiophene rings is 1. The average Bonchev–Trinajstić information content (AvgIpc) is 3.81. The Morgan fingerprint density at radius 1 is 0.377 bits per heavy atom. The maximum atomic E-state index is 6.65. The fourth-order valence-electron chi connectivity index (χ4n) is 8.10. The molecular formula is C50H31NOS. The van der Waals surface area contributed by atoms with Crippen molar-refractivity contribution < 1.29 is 4.42 Å². The van der Waals surface area contributed by atoms with Crippen LogP contribution in [0.5, 0.6) is 0 Å². The van der Waals surface area contributed by atoms with Crippen LogP contribution in [-0.2, 0) is 0 Å². The molecule has 11 aromatic rings. The Bertz CT molecular complexity index is 3150. The summed E-state index contributed by atoms with van der Waals surface area (Å²) in [4.78, 5) is 2.41. The molecule has 0 unspecified atom stereocenters. The lowest BCUT2D eigenvalue weighted by atomic mass is 9.97. The normalized spacial score (nSPS) is 11.8. The molecule has 0 amide bonds. The Morgan fingerprint density at radius 2 is 0.981 bits per heavy atom. The first-order valence-electron chi connectivity index (χ1n) is 18.0. The molecule has 0 radical (unpaired) electrons. The third-order valence-electron chi connectivity index (χ3n) is 10.7. The number of fused-ring (bicyclic) bond motifs is 10. The van der Waals surface area contributed by atoms with E-state index in [9.17, 15) is 0 Å². The molecule has 0 aliphatic carbocycles. The van der Waals surface area contributed by atoms with Gasteiger partial charge >= 0.3 is 0 Å². The van der Waals surface area contributed by atoms with E-state index in [4.69, 9.17) is 4.42 Å². The summed E-state index contributed by atoms with van der Waals surface area (Å²) in [6, 6.07) is 68.0. The lowest BCUT2D eigenvalue weighted by Crippen LogP contribution is -2.10. The predicted octanol–water partition coefficient (Wildman–Crippen LogP) is 15.1. The first kappa shape index (κ1) is 30.0. The van der Waals surface area contributed by atoms with Gasteiger partial charge in [0.1, 0.15) is 11.2 Å². The monoisotopic (exact) mass is 693 g/mol. The Balaban J connectivity index is 1.10. The van der Waals surface area contributed by atoms with E-state index in [0.29, 0.717) is 0 Å². The van der Waals surface area contributed by atoms with Crippen molar-refractivity contribution in [1.29, 1.82) is 0 Å². The minimum Gasteiger partial charge on any atom is -0.455 e. The largest absolute Gasteiger partial charge is 0.455 e. The first-order chi connectivity index (χ1) is 26.3. The number of rotatable bonds is 5. The molecule has 2 aromatic heterocycles. The van der Waals surface area contributed by atoms with Crippen LogP contribution in [0.1, 0.15) is 0 Å². The van der Waals surface area contributed by atoms with Crippen molar-refractivity contribution in [2.75, 3.05) is 4.90 Å². The van der Waals surface area contributed by atoms with Gasteiger partial charge in [0.05, 0.1) is 5.69 Å². The molecule has 0 N–H and O–H groups in total. The van der Waals surface area contributed by atoms with Crippen LogP contribution >= 0.6 is 11.3 Å². The molecule has 0 spiro atoms. The summed E-state index contributed by atoms with van der Waals surface area (Å²) >= 11 is 1.82. The lowest BCUT2D eigenvalue weighted by molar-refractivity contribution is 0.673. The Kier molecular flexibility index (Phi) is 6.76. The van der Waals surface area contributed by atoms with Gasteiger partial charge in [-0.3, -0.25) is 0 Å². The van der Waals surface area contributed by atoms with Gasteiger partial charge in [0.15, 0.2) is 0 Å². The van der Waals surface area contributed by atoms with Crippen LogP contribution in [0.2, 0.25) is 0 Å². The van der Waals surface area contributed by atoms with Gasteiger partial charge in [-0.25, -0.2) is 0 Å². The molecule has 0 aliphatic heterocycles. The molecular weight excluding hydrogens is 663 g/mol. The standard InChI is InChI=1S/C50H31NOS/c1-2-9-32(10-3-1)33-21-25-38(26-22-33)51(39-27-23-34(24-28-39)37-20-19-36-18-17-35-11-4-5-12-40(35)43(36)31-37)44-14-8-16-46-48(44)49-47(53-46)30-29-42-41-13-6-7-15-45(41)52-50(42)49/h1-31H. The van der Waals surface area contributed by atoms with E-state index >= 15 is 0 Å². The van der Waals surface area contributed by atoms with Crippen molar-refractivity contribution in [3.63, 3.8) is 0 Å². The van der Waals surface area contributed by atoms with E-state index in [-0.39, 0.29) is 0 Å². The second kappa shape index (κ2) is 11.9. The zero-order chi connectivity index (χ0) is 34.9. The maximum absolute atomic E-state index is 6.65. The van der Waals surface area contributed by atoms with E-state index in [1.165, 1.54) is 64.0 Å². The fourth-order valence-corrected chi connectivity index (χ4v) is 9.22. The summed E-state index contributed by atoms with van der Waals surface area (Å²) in [6.07, 6.45) is 0. The fraction of sp³-hybridized carbons (Fsp3) is 0. The van der Waals surface area contributed by atoms with Crippen molar-refractivity contribution in [3.05, 3.63) is 188 Å². The van der Waals surface area contributed by atoms with Gasteiger partial charge in [-0.15, -0.1) is 11.3 Å². The molecule has 2 heterocycles. The molecule has 0 atom stereocenters. The molecule has 2 nitrogen and oxygen atoms in total. The average molecular weight is 694 g/mol. The van der Waals surface area contributed by atoms with Gasteiger partial charge < -0.3 is 9.32 Å². The SMILES string of the molecule is c1ccc(-c2ccc(N(c3ccc(-c4ccc5ccc6ccccc6c5c4)cc3)c3cccc4sc5ccc6c7ccccc7oc6c5c34)cc2)cc1. The summed E-state index contributed by atoms with van der Waals surface area (Å²) in [5, 5.41) is 9.73. The Hall–Kier alpha value is -6.68. The second-order valence-electron chi connectivity index (χ2n) is 13.7. The predicted molar refractivity (Wildman–Crippen MR) is 227 cm³/mol. The third kappa shape index (κ3) is 4.86. The zero-order valence-electron chi connectivity index (χ0n) is 28.7. The highest BCUT2D eigenvalue weighted by molar-refractivity contribution is 7.26. The van der Waals surface area contributed by atoms with Crippen LogP contribution in [0, 0.1) is 0 Å². The number of benzene rings is 9. The van der Waals surface area contributed by atoms with Crippen molar-refractivity contribution >= 4 is 92.1 Å². The quantitative estimate of drug-likeness (QED) is 0.167.